The first kappa shape index (κ1) is 13.9. The molecule has 1 aromatic carbocycles. The van der Waals surface area contributed by atoms with Gasteiger partial charge >= 0.3 is 0 Å². The van der Waals surface area contributed by atoms with Crippen molar-refractivity contribution in [3.05, 3.63) is 53.9 Å². The number of nitrogens with zero attached hydrogens (tertiary/aromatic N) is 2. The van der Waals surface area contributed by atoms with Gasteiger partial charge in [0, 0.05) is 0 Å². The second kappa shape index (κ2) is 6.06. The Hall–Kier alpha value is -2.56. The van der Waals surface area contributed by atoms with Gasteiger partial charge in [-0.05, 0) is 35.7 Å². The fourth-order valence-corrected chi connectivity index (χ4v) is 1.70. The largest absolute Gasteiger partial charge is 0.456 e. The van der Waals surface area contributed by atoms with E-state index in [0.29, 0.717) is 17.4 Å². The van der Waals surface area contributed by atoms with Gasteiger partial charge in [-0.1, -0.05) is 31.1 Å². The molecule has 5 nitrogen and oxygen atoms in total. The van der Waals surface area contributed by atoms with E-state index in [1.54, 1.807) is 12.1 Å². The van der Waals surface area contributed by atoms with Crippen LogP contribution in [0.2, 0.25) is 0 Å². The molecule has 0 aliphatic carbocycles. The van der Waals surface area contributed by atoms with E-state index in [1.807, 2.05) is 24.3 Å². The van der Waals surface area contributed by atoms with Crippen molar-refractivity contribution in [1.82, 2.24) is 4.98 Å². The van der Waals surface area contributed by atoms with Crippen LogP contribution in [0.5, 0.6) is 11.5 Å². The van der Waals surface area contributed by atoms with Crippen molar-refractivity contribution < 1.29 is 9.94 Å². The van der Waals surface area contributed by atoms with Gasteiger partial charge in [-0.25, -0.2) is 4.98 Å². The maximum Gasteiger partial charge on any atom is 0.188 e. The van der Waals surface area contributed by atoms with Crippen LogP contribution in [0.3, 0.4) is 0 Å². The molecule has 0 bridgehead atoms. The van der Waals surface area contributed by atoms with Gasteiger partial charge in [-0.15, -0.1) is 0 Å². The van der Waals surface area contributed by atoms with E-state index in [0.717, 1.165) is 5.75 Å². The molecule has 20 heavy (non-hydrogen) atoms. The zero-order chi connectivity index (χ0) is 14.5. The van der Waals surface area contributed by atoms with Crippen molar-refractivity contribution in [3.63, 3.8) is 0 Å². The molecule has 0 spiro atoms. The minimum absolute atomic E-state index is 0.0298. The monoisotopic (exact) mass is 271 g/mol. The fourth-order valence-electron chi connectivity index (χ4n) is 1.70. The van der Waals surface area contributed by atoms with Crippen LogP contribution in [-0.2, 0) is 0 Å². The molecule has 0 amide bonds. The van der Waals surface area contributed by atoms with Crippen LogP contribution in [-0.4, -0.2) is 16.0 Å². The van der Waals surface area contributed by atoms with Crippen LogP contribution in [0.4, 0.5) is 0 Å². The minimum atomic E-state index is -0.0298. The number of oxime groups is 1. The van der Waals surface area contributed by atoms with Crippen molar-refractivity contribution in [2.75, 3.05) is 0 Å². The number of amidine groups is 1. The van der Waals surface area contributed by atoms with Gasteiger partial charge in [-0.2, -0.15) is 0 Å². The third-order valence-corrected chi connectivity index (χ3v) is 2.89. The summed E-state index contributed by atoms with van der Waals surface area (Å²) >= 11 is 0. The number of rotatable bonds is 4. The van der Waals surface area contributed by atoms with Gasteiger partial charge in [0.05, 0.1) is 6.20 Å². The number of nitrogens with two attached hydrogens (primary N) is 1. The van der Waals surface area contributed by atoms with E-state index in [2.05, 4.69) is 24.0 Å². The molecule has 1 aromatic heterocycles. The average Bonchev–Trinajstić information content (AvgIpc) is 2.48. The first-order valence-corrected chi connectivity index (χ1v) is 6.32. The van der Waals surface area contributed by atoms with Crippen LogP contribution < -0.4 is 10.5 Å². The van der Waals surface area contributed by atoms with Crippen LogP contribution in [0.15, 0.2) is 47.8 Å². The molecule has 0 unspecified atom stereocenters. The highest BCUT2D eigenvalue weighted by Crippen LogP contribution is 2.23. The first-order valence-electron chi connectivity index (χ1n) is 6.32. The Bertz CT molecular complexity index is 590. The molecule has 2 aromatic rings. The fraction of sp³-hybridized carbons (Fsp3) is 0.200. The number of ether oxygens (including phenoxy) is 1. The number of hydrogen-bond donors (Lipinski definition) is 2. The maximum absolute atomic E-state index is 8.56. The predicted octanol–water partition coefficient (Wildman–Crippen LogP) is 3.09. The summed E-state index contributed by atoms with van der Waals surface area (Å²) in [7, 11) is 0. The van der Waals surface area contributed by atoms with Gasteiger partial charge in [0.2, 0.25) is 0 Å². The Labute approximate surface area is 117 Å². The third-order valence-electron chi connectivity index (χ3n) is 2.89. The molecule has 1 heterocycles. The number of benzene rings is 1. The molecular formula is C15H17N3O2. The van der Waals surface area contributed by atoms with E-state index in [-0.39, 0.29) is 5.84 Å². The Morgan fingerprint density at radius 2 is 1.80 bits per heavy atom. The van der Waals surface area contributed by atoms with Crippen LogP contribution in [0.1, 0.15) is 31.0 Å². The van der Waals surface area contributed by atoms with Crippen molar-refractivity contribution in [3.8, 4) is 11.5 Å². The maximum atomic E-state index is 8.56. The summed E-state index contributed by atoms with van der Waals surface area (Å²) in [6.07, 6.45) is 1.53. The molecule has 104 valence electrons. The molecule has 0 saturated heterocycles. The van der Waals surface area contributed by atoms with Crippen LogP contribution in [0, 0.1) is 0 Å². The highest BCUT2D eigenvalue weighted by molar-refractivity contribution is 5.95. The van der Waals surface area contributed by atoms with Gasteiger partial charge in [-0.3, -0.25) is 0 Å². The zero-order valence-corrected chi connectivity index (χ0v) is 11.4. The summed E-state index contributed by atoms with van der Waals surface area (Å²) in [5.74, 6) is 1.80. The van der Waals surface area contributed by atoms with Crippen molar-refractivity contribution >= 4 is 5.84 Å². The van der Waals surface area contributed by atoms with Gasteiger partial charge in [0.15, 0.2) is 5.84 Å². The minimum Gasteiger partial charge on any atom is -0.456 e. The molecule has 5 heteroatoms. The molecule has 2 rings (SSSR count). The Morgan fingerprint density at radius 3 is 2.30 bits per heavy atom. The topological polar surface area (TPSA) is 80.7 Å². The lowest BCUT2D eigenvalue weighted by atomic mass is 10.0. The first-order chi connectivity index (χ1) is 9.60. The smallest absolute Gasteiger partial charge is 0.188 e. The summed E-state index contributed by atoms with van der Waals surface area (Å²) in [6, 6.07) is 11.3. The molecule has 0 fully saturated rings. The Kier molecular flexibility index (Phi) is 4.20. The third kappa shape index (κ3) is 3.26. The summed E-state index contributed by atoms with van der Waals surface area (Å²) in [4.78, 5) is 4.05. The second-order valence-corrected chi connectivity index (χ2v) is 4.69. The zero-order valence-electron chi connectivity index (χ0n) is 11.4. The van der Waals surface area contributed by atoms with E-state index in [9.17, 15) is 0 Å². The molecule has 0 atom stereocenters. The van der Waals surface area contributed by atoms with Crippen LogP contribution in [0.25, 0.3) is 0 Å². The van der Waals surface area contributed by atoms with Gasteiger partial charge in [0.25, 0.3) is 0 Å². The van der Waals surface area contributed by atoms with E-state index >= 15 is 0 Å². The standard InChI is InChI=1S/C15H17N3O2/c1-10(2)11-3-5-12(6-4-11)20-13-7-8-14(17-9-13)15(16)18-19/h3-10,19H,1-2H3,(H2,16,18). The highest BCUT2D eigenvalue weighted by atomic mass is 16.5. The SMILES string of the molecule is CC(C)c1ccc(Oc2ccc(/C(N)=N/O)nc2)cc1. The summed E-state index contributed by atoms with van der Waals surface area (Å²) < 4.78 is 5.68. The lowest BCUT2D eigenvalue weighted by Crippen LogP contribution is -2.14. The van der Waals surface area contributed by atoms with Gasteiger partial charge < -0.3 is 15.7 Å². The van der Waals surface area contributed by atoms with E-state index in [1.165, 1.54) is 11.8 Å². The molecule has 3 N–H and O–H groups in total. The summed E-state index contributed by atoms with van der Waals surface area (Å²) in [5.41, 5.74) is 7.10. The normalized spacial score (nSPS) is 11.7. The molecular weight excluding hydrogens is 254 g/mol. The lowest BCUT2D eigenvalue weighted by molar-refractivity contribution is 0.318. The molecule has 0 saturated carbocycles. The summed E-state index contributed by atoms with van der Waals surface area (Å²) in [6.45, 7) is 4.29. The lowest BCUT2D eigenvalue weighted by Gasteiger charge is -2.08. The Balaban J connectivity index is 2.10. The quantitative estimate of drug-likeness (QED) is 0.387. The van der Waals surface area contributed by atoms with Crippen molar-refractivity contribution in [2.24, 2.45) is 10.9 Å². The van der Waals surface area contributed by atoms with Crippen molar-refractivity contribution in [1.29, 1.82) is 0 Å². The summed E-state index contributed by atoms with van der Waals surface area (Å²) in [5, 5.41) is 11.4. The Morgan fingerprint density at radius 1 is 1.15 bits per heavy atom. The number of hydrogen-bond acceptors (Lipinski definition) is 4. The highest BCUT2D eigenvalue weighted by Gasteiger charge is 2.03. The second-order valence-electron chi connectivity index (χ2n) is 4.69. The average molecular weight is 271 g/mol. The number of pyridine rings is 1. The van der Waals surface area contributed by atoms with Crippen LogP contribution >= 0.6 is 0 Å². The van der Waals surface area contributed by atoms with Gasteiger partial charge in [0.1, 0.15) is 17.2 Å². The predicted molar refractivity (Wildman–Crippen MR) is 77.4 cm³/mol. The van der Waals surface area contributed by atoms with E-state index < -0.39 is 0 Å². The van der Waals surface area contributed by atoms with E-state index in [4.69, 9.17) is 15.7 Å². The van der Waals surface area contributed by atoms with Crippen molar-refractivity contribution in [2.45, 2.75) is 19.8 Å². The number of aromatic nitrogens is 1. The molecule has 0 aliphatic rings. The molecule has 0 radical (unpaired) electrons. The molecule has 0 aliphatic heterocycles.